The molecule has 1 unspecified atom stereocenters. The number of hydrogen-bond acceptors (Lipinski definition) is 4. The van der Waals surface area contributed by atoms with E-state index in [1.165, 1.54) is 12.8 Å². The van der Waals surface area contributed by atoms with E-state index < -0.39 is 0 Å². The molecule has 2 heterocycles. The van der Waals surface area contributed by atoms with E-state index in [0.29, 0.717) is 11.8 Å². The average molecular weight is 289 g/mol. The van der Waals surface area contributed by atoms with Crippen LogP contribution in [0, 0.1) is 0 Å². The average Bonchev–Trinajstić information content (AvgIpc) is 3.01. The van der Waals surface area contributed by atoms with E-state index in [4.69, 9.17) is 10.5 Å². The normalized spacial score (nSPS) is 23.4. The summed E-state index contributed by atoms with van der Waals surface area (Å²) in [5.74, 6) is 0.103. The van der Waals surface area contributed by atoms with Crippen molar-refractivity contribution in [2.75, 3.05) is 45.1 Å². The molecule has 2 saturated heterocycles. The zero-order valence-corrected chi connectivity index (χ0v) is 12.3. The Morgan fingerprint density at radius 2 is 1.90 bits per heavy atom. The predicted molar refractivity (Wildman–Crippen MR) is 82.2 cm³/mol. The van der Waals surface area contributed by atoms with Gasteiger partial charge in [0, 0.05) is 50.6 Å². The molecular weight excluding hydrogens is 266 g/mol. The van der Waals surface area contributed by atoms with Crippen LogP contribution >= 0.6 is 0 Å². The molecule has 2 N–H and O–H groups in total. The van der Waals surface area contributed by atoms with E-state index in [9.17, 15) is 4.79 Å². The highest BCUT2D eigenvalue weighted by atomic mass is 16.5. The van der Waals surface area contributed by atoms with Crippen LogP contribution in [0.1, 0.15) is 23.2 Å². The molecule has 0 aliphatic carbocycles. The summed E-state index contributed by atoms with van der Waals surface area (Å²) < 4.78 is 5.68. The molecule has 1 atom stereocenters. The number of carbonyl (C=O) groups is 1. The first-order valence-electron chi connectivity index (χ1n) is 7.71. The largest absolute Gasteiger partial charge is 0.399 e. The van der Waals surface area contributed by atoms with Gasteiger partial charge in [-0.05, 0) is 37.1 Å². The summed E-state index contributed by atoms with van der Waals surface area (Å²) in [6.45, 7) is 5.34. The van der Waals surface area contributed by atoms with Gasteiger partial charge in [-0.1, -0.05) is 0 Å². The Hall–Kier alpha value is -1.59. The first-order chi connectivity index (χ1) is 10.2. The smallest absolute Gasteiger partial charge is 0.253 e. The van der Waals surface area contributed by atoms with Gasteiger partial charge in [0.05, 0.1) is 6.10 Å². The molecule has 114 valence electrons. The second-order valence-electron chi connectivity index (χ2n) is 5.85. The van der Waals surface area contributed by atoms with E-state index in [1.807, 2.05) is 4.90 Å². The fraction of sp³-hybridized carbons (Fsp3) is 0.562. The Kier molecular flexibility index (Phi) is 4.41. The van der Waals surface area contributed by atoms with Gasteiger partial charge in [0.1, 0.15) is 0 Å². The first kappa shape index (κ1) is 14.4. The topological polar surface area (TPSA) is 58.8 Å². The molecule has 5 nitrogen and oxygen atoms in total. The van der Waals surface area contributed by atoms with Gasteiger partial charge in [0.25, 0.3) is 5.91 Å². The van der Waals surface area contributed by atoms with Crippen molar-refractivity contribution < 1.29 is 9.53 Å². The summed E-state index contributed by atoms with van der Waals surface area (Å²) in [4.78, 5) is 16.7. The quantitative estimate of drug-likeness (QED) is 0.850. The summed E-state index contributed by atoms with van der Waals surface area (Å²) >= 11 is 0. The number of nitrogens with two attached hydrogens (primary N) is 1. The Balaban J connectivity index is 1.50. The number of rotatable bonds is 3. The number of piperazine rings is 1. The van der Waals surface area contributed by atoms with Crippen molar-refractivity contribution in [2.24, 2.45) is 0 Å². The highest BCUT2D eigenvalue weighted by Crippen LogP contribution is 2.15. The number of carbonyl (C=O) groups excluding carboxylic acids is 1. The number of ether oxygens (including phenoxy) is 1. The molecule has 2 fully saturated rings. The molecule has 21 heavy (non-hydrogen) atoms. The third kappa shape index (κ3) is 3.54. The van der Waals surface area contributed by atoms with Gasteiger partial charge in [-0.15, -0.1) is 0 Å². The van der Waals surface area contributed by atoms with Crippen LogP contribution < -0.4 is 5.73 Å². The van der Waals surface area contributed by atoms with Crippen LogP contribution in [0.2, 0.25) is 0 Å². The van der Waals surface area contributed by atoms with Gasteiger partial charge in [-0.2, -0.15) is 0 Å². The molecule has 1 amide bonds. The standard InChI is InChI=1S/C16H23N3O2/c17-14-5-3-13(4-6-14)16(20)19-9-7-18(8-10-19)12-15-2-1-11-21-15/h3-6,15H,1-2,7-12,17H2. The lowest BCUT2D eigenvalue weighted by molar-refractivity contribution is 0.0433. The molecule has 0 saturated carbocycles. The van der Waals surface area contributed by atoms with Crippen LogP contribution in [0.3, 0.4) is 0 Å². The van der Waals surface area contributed by atoms with Gasteiger partial charge >= 0.3 is 0 Å². The van der Waals surface area contributed by atoms with Crippen LogP contribution in [0.25, 0.3) is 0 Å². The summed E-state index contributed by atoms with van der Waals surface area (Å²) in [5.41, 5.74) is 7.06. The highest BCUT2D eigenvalue weighted by Gasteiger charge is 2.25. The number of nitrogens with zero attached hydrogens (tertiary/aromatic N) is 2. The van der Waals surface area contributed by atoms with Crippen molar-refractivity contribution in [2.45, 2.75) is 18.9 Å². The molecular formula is C16H23N3O2. The van der Waals surface area contributed by atoms with Gasteiger partial charge in [0.15, 0.2) is 0 Å². The number of nitrogen functional groups attached to an aromatic ring is 1. The third-order valence-electron chi connectivity index (χ3n) is 4.30. The van der Waals surface area contributed by atoms with Gasteiger partial charge in [0.2, 0.25) is 0 Å². The lowest BCUT2D eigenvalue weighted by Gasteiger charge is -2.35. The van der Waals surface area contributed by atoms with Crippen LogP contribution in [-0.2, 0) is 4.74 Å². The van der Waals surface area contributed by atoms with Crippen molar-refractivity contribution in [3.05, 3.63) is 29.8 Å². The molecule has 3 rings (SSSR count). The maximum absolute atomic E-state index is 12.4. The molecule has 1 aromatic rings. The minimum atomic E-state index is 0.103. The fourth-order valence-electron chi connectivity index (χ4n) is 3.02. The maximum atomic E-state index is 12.4. The minimum absolute atomic E-state index is 0.103. The highest BCUT2D eigenvalue weighted by molar-refractivity contribution is 5.94. The summed E-state index contributed by atoms with van der Waals surface area (Å²) in [7, 11) is 0. The van der Waals surface area contributed by atoms with Crippen LogP contribution in [0.5, 0.6) is 0 Å². The molecule has 2 aliphatic rings. The van der Waals surface area contributed by atoms with E-state index in [2.05, 4.69) is 4.90 Å². The number of hydrogen-bond donors (Lipinski definition) is 1. The van der Waals surface area contributed by atoms with Gasteiger partial charge < -0.3 is 15.4 Å². The molecule has 0 aromatic heterocycles. The summed E-state index contributed by atoms with van der Waals surface area (Å²) in [6.07, 6.45) is 2.74. The van der Waals surface area contributed by atoms with Crippen LogP contribution in [-0.4, -0.2) is 61.1 Å². The summed E-state index contributed by atoms with van der Waals surface area (Å²) in [6, 6.07) is 7.16. The van der Waals surface area contributed by atoms with E-state index in [1.54, 1.807) is 24.3 Å². The predicted octanol–water partition coefficient (Wildman–Crippen LogP) is 1.21. The zero-order valence-electron chi connectivity index (χ0n) is 12.3. The van der Waals surface area contributed by atoms with Crippen molar-refractivity contribution in [3.8, 4) is 0 Å². The molecule has 2 aliphatic heterocycles. The van der Waals surface area contributed by atoms with Gasteiger partial charge in [-0.3, -0.25) is 9.69 Å². The van der Waals surface area contributed by atoms with E-state index in [0.717, 1.165) is 44.9 Å². The molecule has 1 aromatic carbocycles. The van der Waals surface area contributed by atoms with Crippen LogP contribution in [0.15, 0.2) is 24.3 Å². The Morgan fingerprint density at radius 3 is 2.52 bits per heavy atom. The Bertz CT molecular complexity index is 475. The van der Waals surface area contributed by atoms with Crippen molar-refractivity contribution in [1.82, 2.24) is 9.80 Å². The monoisotopic (exact) mass is 289 g/mol. The van der Waals surface area contributed by atoms with Gasteiger partial charge in [-0.25, -0.2) is 0 Å². The molecule has 0 bridgehead atoms. The summed E-state index contributed by atoms with van der Waals surface area (Å²) in [5, 5.41) is 0. The van der Waals surface area contributed by atoms with Crippen molar-refractivity contribution in [1.29, 1.82) is 0 Å². The second-order valence-corrected chi connectivity index (χ2v) is 5.85. The van der Waals surface area contributed by atoms with E-state index >= 15 is 0 Å². The Morgan fingerprint density at radius 1 is 1.19 bits per heavy atom. The second kappa shape index (κ2) is 6.45. The van der Waals surface area contributed by atoms with Crippen LogP contribution in [0.4, 0.5) is 5.69 Å². The number of amides is 1. The molecule has 0 spiro atoms. The number of benzene rings is 1. The lowest BCUT2D eigenvalue weighted by Crippen LogP contribution is -2.50. The maximum Gasteiger partial charge on any atom is 0.253 e. The first-order valence-corrected chi connectivity index (χ1v) is 7.71. The van der Waals surface area contributed by atoms with Crippen molar-refractivity contribution >= 4 is 11.6 Å². The lowest BCUT2D eigenvalue weighted by atomic mass is 10.1. The third-order valence-corrected chi connectivity index (χ3v) is 4.30. The molecule has 5 heteroatoms. The zero-order chi connectivity index (χ0) is 14.7. The SMILES string of the molecule is Nc1ccc(C(=O)N2CCN(CC3CCCO3)CC2)cc1. The molecule has 0 radical (unpaired) electrons. The minimum Gasteiger partial charge on any atom is -0.399 e. The fourth-order valence-corrected chi connectivity index (χ4v) is 3.02. The van der Waals surface area contributed by atoms with Crippen molar-refractivity contribution in [3.63, 3.8) is 0 Å². The number of anilines is 1. The Labute approximate surface area is 125 Å². The van der Waals surface area contributed by atoms with E-state index in [-0.39, 0.29) is 5.91 Å².